The smallest absolute Gasteiger partial charge is 0.321 e. The lowest BCUT2D eigenvalue weighted by molar-refractivity contribution is -0.124. The van der Waals surface area contributed by atoms with Gasteiger partial charge in [-0.05, 0) is 26.9 Å². The molecule has 2 rings (SSSR count). The molecule has 7 heteroatoms. The quantitative estimate of drug-likeness (QED) is 0.803. The molecular weight excluding hydrogens is 320 g/mol. The second kappa shape index (κ2) is 8.98. The number of carbonyl (C=O) groups excluding carboxylic acids is 2. The van der Waals surface area contributed by atoms with E-state index in [1.807, 2.05) is 48.3 Å². The van der Waals surface area contributed by atoms with Gasteiger partial charge in [-0.3, -0.25) is 15.0 Å². The van der Waals surface area contributed by atoms with Crippen molar-refractivity contribution in [2.45, 2.75) is 25.8 Å². The Bertz CT molecular complexity index is 699. The Morgan fingerprint density at radius 2 is 2.00 bits per heavy atom. The van der Waals surface area contributed by atoms with E-state index in [0.29, 0.717) is 6.54 Å². The molecule has 1 atom stereocenters. The average molecular weight is 344 g/mol. The summed E-state index contributed by atoms with van der Waals surface area (Å²) >= 11 is 0. The topological polar surface area (TPSA) is 87.5 Å². The van der Waals surface area contributed by atoms with Gasteiger partial charge in [0.1, 0.15) is 11.5 Å². The third-order valence-corrected chi connectivity index (χ3v) is 4.07. The molecule has 0 radical (unpaired) electrons. The second-order valence-electron chi connectivity index (χ2n) is 5.87. The monoisotopic (exact) mass is 344 g/mol. The van der Waals surface area contributed by atoms with Crippen LogP contribution in [0.25, 0.3) is 11.3 Å². The summed E-state index contributed by atoms with van der Waals surface area (Å²) in [6, 6.07) is 10.9. The molecule has 1 heterocycles. The summed E-state index contributed by atoms with van der Waals surface area (Å²) in [6.07, 6.45) is 1.55. The minimum atomic E-state index is -0.500. The van der Waals surface area contributed by atoms with Gasteiger partial charge < -0.3 is 9.84 Å². The summed E-state index contributed by atoms with van der Waals surface area (Å²) in [5, 5.41) is 8.73. The first kappa shape index (κ1) is 18.7. The molecule has 2 aromatic rings. The van der Waals surface area contributed by atoms with E-state index in [2.05, 4.69) is 15.8 Å². The Kier molecular flexibility index (Phi) is 6.71. The number of aryl methyl sites for hydroxylation is 1. The normalized spacial score (nSPS) is 12.0. The highest BCUT2D eigenvalue weighted by atomic mass is 16.5. The highest BCUT2D eigenvalue weighted by Crippen LogP contribution is 2.19. The van der Waals surface area contributed by atoms with Gasteiger partial charge in [-0.2, -0.15) is 0 Å². The Hall–Kier alpha value is -2.67. The zero-order valence-corrected chi connectivity index (χ0v) is 14.8. The van der Waals surface area contributed by atoms with Gasteiger partial charge in [0.25, 0.3) is 0 Å². The fourth-order valence-corrected chi connectivity index (χ4v) is 2.35. The van der Waals surface area contributed by atoms with Crippen LogP contribution in [0.3, 0.4) is 0 Å². The van der Waals surface area contributed by atoms with Crippen molar-refractivity contribution in [3.05, 3.63) is 42.2 Å². The van der Waals surface area contributed by atoms with Crippen LogP contribution in [-0.2, 0) is 11.2 Å². The highest BCUT2D eigenvalue weighted by Gasteiger charge is 2.19. The van der Waals surface area contributed by atoms with Crippen molar-refractivity contribution in [1.82, 2.24) is 20.7 Å². The largest absolute Gasteiger partial charge is 0.361 e. The predicted octanol–water partition coefficient (Wildman–Crippen LogP) is 2.05. The highest BCUT2D eigenvalue weighted by molar-refractivity contribution is 5.96. The molecule has 1 aromatic heterocycles. The number of urea groups is 1. The molecule has 25 heavy (non-hydrogen) atoms. The van der Waals surface area contributed by atoms with Gasteiger partial charge in [-0.15, -0.1) is 0 Å². The molecule has 1 aromatic carbocycles. The number of amides is 3. The summed E-state index contributed by atoms with van der Waals surface area (Å²) in [5.41, 5.74) is 1.84. The first-order chi connectivity index (χ1) is 12.0. The molecule has 2 N–H and O–H groups in total. The van der Waals surface area contributed by atoms with E-state index >= 15 is 0 Å². The first-order valence-electron chi connectivity index (χ1n) is 8.25. The standard InChI is InChI=1S/C18H24N4O3/c1-13(17(23)20-18(24)19-2)22(3)11-7-10-15-12-16(21-25-15)14-8-5-4-6-9-14/h4-6,8-9,12-13H,7,10-11H2,1-3H3,(H2,19,20,23,24)/t13-/m0/s1. The van der Waals surface area contributed by atoms with E-state index < -0.39 is 12.1 Å². The summed E-state index contributed by atoms with van der Waals surface area (Å²) in [4.78, 5) is 25.0. The molecule has 0 bridgehead atoms. The molecule has 0 saturated heterocycles. The minimum absolute atomic E-state index is 0.326. The summed E-state index contributed by atoms with van der Waals surface area (Å²) < 4.78 is 5.38. The van der Waals surface area contributed by atoms with Gasteiger partial charge in [0.05, 0.1) is 6.04 Å². The van der Waals surface area contributed by atoms with Crippen molar-refractivity contribution < 1.29 is 14.1 Å². The van der Waals surface area contributed by atoms with Crippen LogP contribution in [0.2, 0.25) is 0 Å². The van der Waals surface area contributed by atoms with Gasteiger partial charge in [-0.1, -0.05) is 35.5 Å². The molecule has 0 aliphatic rings. The van der Waals surface area contributed by atoms with E-state index in [1.54, 1.807) is 6.92 Å². The molecule has 0 aliphatic carbocycles. The number of rotatable bonds is 7. The lowest BCUT2D eigenvalue weighted by Gasteiger charge is -2.23. The molecule has 7 nitrogen and oxygen atoms in total. The van der Waals surface area contributed by atoms with Crippen LogP contribution in [0.1, 0.15) is 19.1 Å². The fourth-order valence-electron chi connectivity index (χ4n) is 2.35. The maximum atomic E-state index is 11.9. The van der Waals surface area contributed by atoms with Gasteiger partial charge >= 0.3 is 6.03 Å². The minimum Gasteiger partial charge on any atom is -0.361 e. The summed E-state index contributed by atoms with van der Waals surface area (Å²) in [5.74, 6) is 0.489. The maximum Gasteiger partial charge on any atom is 0.321 e. The summed E-state index contributed by atoms with van der Waals surface area (Å²) in [6.45, 7) is 2.46. The van der Waals surface area contributed by atoms with Crippen molar-refractivity contribution in [2.75, 3.05) is 20.6 Å². The number of imide groups is 1. The Morgan fingerprint density at radius 3 is 2.68 bits per heavy atom. The zero-order chi connectivity index (χ0) is 18.2. The van der Waals surface area contributed by atoms with Crippen LogP contribution in [-0.4, -0.2) is 48.7 Å². The summed E-state index contributed by atoms with van der Waals surface area (Å²) in [7, 11) is 3.32. The van der Waals surface area contributed by atoms with Crippen molar-refractivity contribution in [2.24, 2.45) is 0 Å². The third kappa shape index (κ3) is 5.42. The Balaban J connectivity index is 1.79. The van der Waals surface area contributed by atoms with Crippen LogP contribution >= 0.6 is 0 Å². The number of nitrogens with zero attached hydrogens (tertiary/aromatic N) is 2. The molecule has 0 spiro atoms. The van der Waals surface area contributed by atoms with Crippen molar-refractivity contribution in [3.8, 4) is 11.3 Å². The SMILES string of the molecule is CNC(=O)NC(=O)[C@H](C)N(C)CCCc1cc(-c2ccccc2)no1. The first-order valence-corrected chi connectivity index (χ1v) is 8.25. The number of nitrogens with one attached hydrogen (secondary N) is 2. The lowest BCUT2D eigenvalue weighted by atomic mass is 10.1. The van der Waals surface area contributed by atoms with E-state index in [1.165, 1.54) is 7.05 Å². The van der Waals surface area contributed by atoms with Crippen molar-refractivity contribution in [3.63, 3.8) is 0 Å². The molecular formula is C18H24N4O3. The molecule has 134 valence electrons. The molecule has 0 aliphatic heterocycles. The average Bonchev–Trinajstić information content (AvgIpc) is 3.10. The van der Waals surface area contributed by atoms with Gasteiger partial charge in [0.2, 0.25) is 5.91 Å². The van der Waals surface area contributed by atoms with Gasteiger partial charge in [0.15, 0.2) is 0 Å². The Morgan fingerprint density at radius 1 is 1.28 bits per heavy atom. The second-order valence-corrected chi connectivity index (χ2v) is 5.87. The number of carbonyl (C=O) groups is 2. The van der Waals surface area contributed by atoms with E-state index in [0.717, 1.165) is 29.9 Å². The van der Waals surface area contributed by atoms with Crippen molar-refractivity contribution >= 4 is 11.9 Å². The number of hydrogen-bond acceptors (Lipinski definition) is 5. The molecule has 0 unspecified atom stereocenters. The predicted molar refractivity (Wildman–Crippen MR) is 95.0 cm³/mol. The van der Waals surface area contributed by atoms with Gasteiger partial charge in [-0.25, -0.2) is 4.79 Å². The van der Waals surface area contributed by atoms with Crippen LogP contribution in [0.4, 0.5) is 4.79 Å². The van der Waals surface area contributed by atoms with E-state index in [-0.39, 0.29) is 5.91 Å². The Labute approximate surface area is 147 Å². The van der Waals surface area contributed by atoms with Gasteiger partial charge in [0, 0.05) is 25.1 Å². The van der Waals surface area contributed by atoms with Crippen LogP contribution in [0, 0.1) is 0 Å². The molecule has 0 fully saturated rings. The number of benzene rings is 1. The zero-order valence-electron chi connectivity index (χ0n) is 14.8. The fraction of sp³-hybridized carbons (Fsp3) is 0.389. The van der Waals surface area contributed by atoms with Crippen LogP contribution in [0.15, 0.2) is 40.9 Å². The molecule has 3 amide bonds. The number of hydrogen-bond donors (Lipinski definition) is 2. The van der Waals surface area contributed by atoms with Crippen LogP contribution in [0.5, 0.6) is 0 Å². The lowest BCUT2D eigenvalue weighted by Crippen LogP contribution is -2.48. The maximum absolute atomic E-state index is 11.9. The van der Waals surface area contributed by atoms with E-state index in [4.69, 9.17) is 4.52 Å². The van der Waals surface area contributed by atoms with Crippen molar-refractivity contribution in [1.29, 1.82) is 0 Å². The number of likely N-dealkylation sites (N-methyl/N-ethyl adjacent to an activating group) is 1. The van der Waals surface area contributed by atoms with E-state index in [9.17, 15) is 9.59 Å². The van der Waals surface area contributed by atoms with Crippen LogP contribution < -0.4 is 10.6 Å². The molecule has 0 saturated carbocycles. The number of aromatic nitrogens is 1. The third-order valence-electron chi connectivity index (χ3n) is 4.07.